The van der Waals surface area contributed by atoms with Crippen LogP contribution >= 0.6 is 23.2 Å². The van der Waals surface area contributed by atoms with Crippen LogP contribution in [0.15, 0.2) is 39.9 Å². The molecule has 0 radical (unpaired) electrons. The first-order valence-corrected chi connectivity index (χ1v) is 6.09. The Morgan fingerprint density at radius 2 is 1.94 bits per heavy atom. The summed E-state index contributed by atoms with van der Waals surface area (Å²) in [5.74, 6) is 1.33. The van der Waals surface area contributed by atoms with E-state index in [0.29, 0.717) is 21.6 Å². The maximum absolute atomic E-state index is 6.13. The third-order valence-electron chi connectivity index (χ3n) is 2.26. The van der Waals surface area contributed by atoms with Crippen molar-refractivity contribution in [3.8, 4) is 11.3 Å². The number of benzene rings is 1. The van der Waals surface area contributed by atoms with E-state index in [9.17, 15) is 0 Å². The molecule has 0 fully saturated rings. The van der Waals surface area contributed by atoms with Gasteiger partial charge in [-0.15, -0.1) is 0 Å². The number of hydrogen-bond acceptors (Lipinski definition) is 3. The molecular weight excluding hydrogens is 271 g/mol. The molecule has 2 aromatic rings. The Bertz CT molecular complexity index is 576. The fraction of sp³-hybridized carbons (Fsp3) is 0.154. The topological polar surface area (TPSA) is 28.7 Å². The number of furan rings is 1. The summed E-state index contributed by atoms with van der Waals surface area (Å²) in [6.07, 6.45) is 1.64. The fourth-order valence-corrected chi connectivity index (χ4v) is 1.83. The Kier molecular flexibility index (Phi) is 3.94. The Balaban J connectivity index is 2.32. The normalized spacial score (nSPS) is 11.1. The lowest BCUT2D eigenvalue weighted by molar-refractivity contribution is 0.438. The van der Waals surface area contributed by atoms with Gasteiger partial charge in [0.2, 0.25) is 0 Å². The summed E-state index contributed by atoms with van der Waals surface area (Å²) in [5, 5.41) is 6.79. The number of hydrogen-bond donors (Lipinski definition) is 0. The standard InChI is InChI=1S/C13H12Cl2N2O/c1-17(2)16-8-9-6-7-12(18-9)10-4-3-5-11(14)13(10)15/h3-8H,1-2H3. The van der Waals surface area contributed by atoms with E-state index in [1.165, 1.54) is 0 Å². The third kappa shape index (κ3) is 2.86. The molecule has 2 rings (SSSR count). The van der Waals surface area contributed by atoms with Gasteiger partial charge in [-0.2, -0.15) is 5.10 Å². The van der Waals surface area contributed by atoms with Crippen molar-refractivity contribution in [2.45, 2.75) is 0 Å². The molecule has 0 aliphatic heterocycles. The van der Waals surface area contributed by atoms with E-state index < -0.39 is 0 Å². The second kappa shape index (κ2) is 5.46. The number of rotatable bonds is 3. The van der Waals surface area contributed by atoms with Crippen LogP contribution in [0.25, 0.3) is 11.3 Å². The van der Waals surface area contributed by atoms with E-state index in [4.69, 9.17) is 27.6 Å². The zero-order chi connectivity index (χ0) is 13.1. The van der Waals surface area contributed by atoms with Crippen LogP contribution in [0.1, 0.15) is 5.76 Å². The zero-order valence-corrected chi connectivity index (χ0v) is 11.5. The Hall–Kier alpha value is -1.45. The number of nitrogens with zero attached hydrogens (tertiary/aromatic N) is 2. The molecule has 18 heavy (non-hydrogen) atoms. The molecule has 0 amide bonds. The van der Waals surface area contributed by atoms with Crippen molar-refractivity contribution in [3.05, 3.63) is 46.1 Å². The van der Waals surface area contributed by atoms with Crippen molar-refractivity contribution >= 4 is 29.4 Å². The summed E-state index contributed by atoms with van der Waals surface area (Å²) in [7, 11) is 3.68. The Labute approximate surface area is 116 Å². The Morgan fingerprint density at radius 3 is 2.67 bits per heavy atom. The molecular formula is C13H12Cl2N2O. The first-order chi connectivity index (χ1) is 8.58. The second-order valence-corrected chi connectivity index (χ2v) is 4.68. The van der Waals surface area contributed by atoms with Gasteiger partial charge in [0.1, 0.15) is 11.5 Å². The molecule has 1 heterocycles. The summed E-state index contributed by atoms with van der Waals surface area (Å²) >= 11 is 12.1. The van der Waals surface area contributed by atoms with Gasteiger partial charge in [0.05, 0.1) is 16.3 Å². The molecule has 0 saturated carbocycles. The molecule has 0 aliphatic rings. The Morgan fingerprint density at radius 1 is 1.17 bits per heavy atom. The van der Waals surface area contributed by atoms with Crippen LogP contribution in [-0.2, 0) is 0 Å². The number of halogens is 2. The SMILES string of the molecule is CN(C)N=Cc1ccc(-c2cccc(Cl)c2Cl)o1. The van der Waals surface area contributed by atoms with E-state index >= 15 is 0 Å². The fourth-order valence-electron chi connectivity index (χ4n) is 1.43. The van der Waals surface area contributed by atoms with Gasteiger partial charge in [-0.05, 0) is 24.3 Å². The van der Waals surface area contributed by atoms with Crippen LogP contribution in [0, 0.1) is 0 Å². The summed E-state index contributed by atoms with van der Waals surface area (Å²) in [6, 6.07) is 9.11. The summed E-state index contributed by atoms with van der Waals surface area (Å²) < 4.78 is 5.64. The third-order valence-corrected chi connectivity index (χ3v) is 3.08. The van der Waals surface area contributed by atoms with Crippen LogP contribution in [0.3, 0.4) is 0 Å². The van der Waals surface area contributed by atoms with Gasteiger partial charge in [-0.1, -0.05) is 29.3 Å². The van der Waals surface area contributed by atoms with Crippen molar-refractivity contribution in [2.75, 3.05) is 14.1 Å². The molecule has 0 spiro atoms. The quantitative estimate of drug-likeness (QED) is 0.625. The van der Waals surface area contributed by atoms with Crippen molar-refractivity contribution < 1.29 is 4.42 Å². The van der Waals surface area contributed by atoms with E-state index in [1.54, 1.807) is 17.3 Å². The maximum Gasteiger partial charge on any atom is 0.147 e. The highest BCUT2D eigenvalue weighted by molar-refractivity contribution is 6.43. The van der Waals surface area contributed by atoms with Crippen molar-refractivity contribution in [3.63, 3.8) is 0 Å². The highest BCUT2D eigenvalue weighted by Crippen LogP contribution is 2.34. The molecule has 5 heteroatoms. The first-order valence-electron chi connectivity index (χ1n) is 5.33. The summed E-state index contributed by atoms with van der Waals surface area (Å²) in [4.78, 5) is 0. The molecule has 94 valence electrons. The van der Waals surface area contributed by atoms with Crippen LogP contribution < -0.4 is 0 Å². The maximum atomic E-state index is 6.13. The number of hydrazone groups is 1. The molecule has 0 unspecified atom stereocenters. The average Bonchev–Trinajstić information content (AvgIpc) is 2.78. The smallest absolute Gasteiger partial charge is 0.147 e. The van der Waals surface area contributed by atoms with E-state index in [-0.39, 0.29) is 0 Å². The van der Waals surface area contributed by atoms with Gasteiger partial charge in [0, 0.05) is 19.7 Å². The van der Waals surface area contributed by atoms with Gasteiger partial charge < -0.3 is 9.43 Å². The van der Waals surface area contributed by atoms with Gasteiger partial charge >= 0.3 is 0 Å². The molecule has 1 aromatic carbocycles. The van der Waals surface area contributed by atoms with Crippen LogP contribution in [0.2, 0.25) is 10.0 Å². The van der Waals surface area contributed by atoms with Gasteiger partial charge in [-0.25, -0.2) is 0 Å². The summed E-state index contributed by atoms with van der Waals surface area (Å²) in [6.45, 7) is 0. The van der Waals surface area contributed by atoms with Gasteiger partial charge in [-0.3, -0.25) is 0 Å². The van der Waals surface area contributed by atoms with E-state index in [0.717, 1.165) is 5.56 Å². The minimum atomic E-state index is 0.490. The molecule has 0 bridgehead atoms. The molecule has 0 aliphatic carbocycles. The molecule has 3 nitrogen and oxygen atoms in total. The minimum Gasteiger partial charge on any atom is -0.455 e. The second-order valence-electron chi connectivity index (χ2n) is 3.90. The highest BCUT2D eigenvalue weighted by Gasteiger charge is 2.10. The zero-order valence-electron chi connectivity index (χ0n) is 10.0. The molecule has 0 atom stereocenters. The predicted molar refractivity (Wildman–Crippen MR) is 75.4 cm³/mol. The average molecular weight is 283 g/mol. The van der Waals surface area contributed by atoms with Crippen LogP contribution in [0.4, 0.5) is 0 Å². The molecule has 0 N–H and O–H groups in total. The van der Waals surface area contributed by atoms with Gasteiger partial charge in [0.25, 0.3) is 0 Å². The lowest BCUT2D eigenvalue weighted by Gasteiger charge is -2.02. The monoisotopic (exact) mass is 282 g/mol. The minimum absolute atomic E-state index is 0.490. The predicted octanol–water partition coefficient (Wildman–Crippen LogP) is 4.15. The molecule has 1 aromatic heterocycles. The molecule has 0 saturated heterocycles. The lowest BCUT2D eigenvalue weighted by atomic mass is 10.2. The van der Waals surface area contributed by atoms with E-state index in [2.05, 4.69) is 5.10 Å². The van der Waals surface area contributed by atoms with Gasteiger partial charge in [0.15, 0.2) is 0 Å². The lowest BCUT2D eigenvalue weighted by Crippen LogP contribution is -2.01. The van der Waals surface area contributed by atoms with Crippen molar-refractivity contribution in [1.29, 1.82) is 0 Å². The van der Waals surface area contributed by atoms with E-state index in [1.807, 2.05) is 38.4 Å². The van der Waals surface area contributed by atoms with Crippen molar-refractivity contribution in [2.24, 2.45) is 5.10 Å². The van der Waals surface area contributed by atoms with Crippen molar-refractivity contribution in [1.82, 2.24) is 5.01 Å². The highest BCUT2D eigenvalue weighted by atomic mass is 35.5. The summed E-state index contributed by atoms with van der Waals surface area (Å²) in [5.41, 5.74) is 0.772. The van der Waals surface area contributed by atoms with Crippen LogP contribution in [-0.4, -0.2) is 25.3 Å². The first kappa shape index (κ1) is 13.0. The largest absolute Gasteiger partial charge is 0.455 e. The van der Waals surface area contributed by atoms with Crippen LogP contribution in [0.5, 0.6) is 0 Å².